The van der Waals surface area contributed by atoms with Crippen LogP contribution in [0.25, 0.3) is 0 Å². The Labute approximate surface area is 121 Å². The Kier molecular flexibility index (Phi) is 4.59. The molecular formula is C15H26N2OS. The van der Waals surface area contributed by atoms with E-state index in [0.717, 1.165) is 5.17 Å². The Bertz CT molecular complexity index is 374. The Morgan fingerprint density at radius 1 is 1.26 bits per heavy atom. The van der Waals surface area contributed by atoms with Gasteiger partial charge in [0, 0.05) is 0 Å². The van der Waals surface area contributed by atoms with Crippen LogP contribution in [0.15, 0.2) is 4.99 Å². The molecule has 0 spiro atoms. The molecule has 2 rings (SSSR count). The molecule has 0 radical (unpaired) electrons. The van der Waals surface area contributed by atoms with Crippen molar-refractivity contribution in [3.05, 3.63) is 0 Å². The topological polar surface area (TPSA) is 41.5 Å². The lowest BCUT2D eigenvalue weighted by Gasteiger charge is -2.25. The van der Waals surface area contributed by atoms with Crippen LogP contribution in [0.5, 0.6) is 0 Å². The van der Waals surface area contributed by atoms with Crippen LogP contribution in [0, 0.1) is 11.8 Å². The summed E-state index contributed by atoms with van der Waals surface area (Å²) < 4.78 is -0.356. The summed E-state index contributed by atoms with van der Waals surface area (Å²) in [6.07, 6.45) is 6.62. The minimum absolute atomic E-state index is 0.113. The lowest BCUT2D eigenvalue weighted by Crippen LogP contribution is -2.38. The smallest absolute Gasteiger partial charge is 0.242 e. The number of rotatable bonds is 3. The molecule has 108 valence electrons. The van der Waals surface area contributed by atoms with Gasteiger partial charge in [-0.3, -0.25) is 9.79 Å². The van der Waals surface area contributed by atoms with Gasteiger partial charge in [0.2, 0.25) is 5.91 Å². The molecule has 1 N–H and O–H groups in total. The molecule has 1 heterocycles. The average molecular weight is 282 g/mol. The molecule has 1 aliphatic carbocycles. The van der Waals surface area contributed by atoms with Gasteiger partial charge in [-0.1, -0.05) is 44.9 Å². The lowest BCUT2D eigenvalue weighted by atomic mass is 9.85. The van der Waals surface area contributed by atoms with Crippen molar-refractivity contribution in [2.24, 2.45) is 16.8 Å². The normalized spacial score (nSPS) is 32.9. The second-order valence-electron chi connectivity index (χ2n) is 6.39. The monoisotopic (exact) mass is 282 g/mol. The van der Waals surface area contributed by atoms with Crippen molar-refractivity contribution in [2.75, 3.05) is 0 Å². The van der Waals surface area contributed by atoms with Crippen molar-refractivity contribution in [2.45, 2.75) is 70.6 Å². The summed E-state index contributed by atoms with van der Waals surface area (Å²) in [7, 11) is 0. The van der Waals surface area contributed by atoms with E-state index >= 15 is 0 Å². The first-order valence-corrected chi connectivity index (χ1v) is 8.33. The summed E-state index contributed by atoms with van der Waals surface area (Å²) in [6.45, 7) is 8.41. The fourth-order valence-corrected chi connectivity index (χ4v) is 3.98. The van der Waals surface area contributed by atoms with Gasteiger partial charge < -0.3 is 5.32 Å². The average Bonchev–Trinajstić information content (AvgIpc) is 2.67. The second-order valence-corrected chi connectivity index (χ2v) is 7.83. The van der Waals surface area contributed by atoms with Gasteiger partial charge in [-0.2, -0.15) is 0 Å². The highest BCUT2D eigenvalue weighted by atomic mass is 32.2. The van der Waals surface area contributed by atoms with Gasteiger partial charge in [-0.05, 0) is 38.5 Å². The lowest BCUT2D eigenvalue weighted by molar-refractivity contribution is -0.122. The van der Waals surface area contributed by atoms with E-state index in [1.165, 1.54) is 32.1 Å². The van der Waals surface area contributed by atoms with Crippen LogP contribution < -0.4 is 5.32 Å². The molecule has 0 aromatic rings. The van der Waals surface area contributed by atoms with Gasteiger partial charge in [-0.15, -0.1) is 0 Å². The summed E-state index contributed by atoms with van der Waals surface area (Å²) in [6, 6.07) is 0.331. The molecule has 2 fully saturated rings. The standard InChI is InChI=1S/C15H26N2OS/c1-10(2)15(4)13(18)17-14(19-15)16-11(3)12-8-6-5-7-9-12/h10-12H,5-9H2,1-4H3,(H,16,17,18)/t11-,15-/m0/s1. The molecule has 3 nitrogen and oxygen atoms in total. The predicted octanol–water partition coefficient (Wildman–Crippen LogP) is 3.59. The number of aliphatic imine (C=N–C) groups is 1. The molecule has 1 aliphatic heterocycles. The van der Waals surface area contributed by atoms with Gasteiger partial charge in [0.05, 0.1) is 6.04 Å². The molecule has 19 heavy (non-hydrogen) atoms. The van der Waals surface area contributed by atoms with Gasteiger partial charge in [0.15, 0.2) is 5.17 Å². The van der Waals surface area contributed by atoms with Crippen molar-refractivity contribution in [3.63, 3.8) is 0 Å². The fourth-order valence-electron chi connectivity index (χ4n) is 2.84. The Balaban J connectivity index is 2.02. The van der Waals surface area contributed by atoms with Crippen LogP contribution in [0.3, 0.4) is 0 Å². The molecular weight excluding hydrogens is 256 g/mol. The van der Waals surface area contributed by atoms with Crippen LogP contribution in [-0.2, 0) is 4.79 Å². The highest BCUT2D eigenvalue weighted by Crippen LogP contribution is 2.38. The third-order valence-corrected chi connectivity index (χ3v) is 6.22. The number of nitrogens with zero attached hydrogens (tertiary/aromatic N) is 1. The van der Waals surface area contributed by atoms with Gasteiger partial charge in [0.25, 0.3) is 0 Å². The van der Waals surface area contributed by atoms with Crippen molar-refractivity contribution < 1.29 is 4.79 Å². The van der Waals surface area contributed by atoms with E-state index in [1.54, 1.807) is 11.8 Å². The van der Waals surface area contributed by atoms with Crippen LogP contribution >= 0.6 is 11.8 Å². The van der Waals surface area contributed by atoms with E-state index in [4.69, 9.17) is 4.99 Å². The summed E-state index contributed by atoms with van der Waals surface area (Å²) in [5.41, 5.74) is 0. The molecule has 0 aromatic heterocycles. The first-order chi connectivity index (χ1) is 8.93. The molecule has 1 saturated carbocycles. The third kappa shape index (κ3) is 3.15. The quantitative estimate of drug-likeness (QED) is 0.859. The zero-order chi connectivity index (χ0) is 14.0. The third-order valence-electron chi connectivity index (χ3n) is 4.73. The number of thioether (sulfide) groups is 1. The molecule has 2 aliphatic rings. The maximum Gasteiger partial charge on any atom is 0.242 e. The van der Waals surface area contributed by atoms with E-state index in [2.05, 4.69) is 26.1 Å². The Morgan fingerprint density at radius 2 is 1.89 bits per heavy atom. The molecule has 4 heteroatoms. The minimum atomic E-state index is -0.356. The highest BCUT2D eigenvalue weighted by Gasteiger charge is 2.45. The molecule has 1 saturated heterocycles. The van der Waals surface area contributed by atoms with E-state index in [-0.39, 0.29) is 10.7 Å². The summed E-state index contributed by atoms with van der Waals surface area (Å²) in [4.78, 5) is 16.9. The van der Waals surface area contributed by atoms with Crippen LogP contribution in [0.1, 0.15) is 59.8 Å². The van der Waals surface area contributed by atoms with E-state index < -0.39 is 0 Å². The van der Waals surface area contributed by atoms with Crippen molar-refractivity contribution in [1.29, 1.82) is 0 Å². The largest absolute Gasteiger partial charge is 0.304 e. The van der Waals surface area contributed by atoms with Crippen LogP contribution in [-0.4, -0.2) is 21.9 Å². The fraction of sp³-hybridized carbons (Fsp3) is 0.867. The van der Waals surface area contributed by atoms with E-state index in [1.807, 2.05) is 6.92 Å². The molecule has 0 bridgehead atoms. The van der Waals surface area contributed by atoms with Crippen LogP contribution in [0.2, 0.25) is 0 Å². The first kappa shape index (κ1) is 14.9. The highest BCUT2D eigenvalue weighted by molar-refractivity contribution is 8.16. The Morgan fingerprint density at radius 3 is 2.42 bits per heavy atom. The first-order valence-electron chi connectivity index (χ1n) is 7.51. The number of hydrogen-bond donors (Lipinski definition) is 1. The number of amides is 1. The predicted molar refractivity (Wildman–Crippen MR) is 82.4 cm³/mol. The summed E-state index contributed by atoms with van der Waals surface area (Å²) in [5.74, 6) is 1.13. The van der Waals surface area contributed by atoms with Crippen LogP contribution in [0.4, 0.5) is 0 Å². The van der Waals surface area contributed by atoms with Gasteiger partial charge in [-0.25, -0.2) is 0 Å². The van der Waals surface area contributed by atoms with Gasteiger partial charge >= 0.3 is 0 Å². The molecule has 1 amide bonds. The van der Waals surface area contributed by atoms with Gasteiger partial charge in [0.1, 0.15) is 4.75 Å². The summed E-state index contributed by atoms with van der Waals surface area (Å²) in [5, 5.41) is 3.80. The zero-order valence-electron chi connectivity index (χ0n) is 12.5. The second kappa shape index (κ2) is 5.86. The van der Waals surface area contributed by atoms with E-state index in [0.29, 0.717) is 17.9 Å². The number of nitrogens with one attached hydrogen (secondary N) is 1. The minimum Gasteiger partial charge on any atom is -0.304 e. The molecule has 0 aromatic carbocycles. The number of amidine groups is 1. The molecule has 2 atom stereocenters. The maximum absolute atomic E-state index is 12.1. The Hall–Kier alpha value is -0.510. The number of hydrogen-bond acceptors (Lipinski definition) is 3. The molecule has 0 unspecified atom stereocenters. The maximum atomic E-state index is 12.1. The zero-order valence-corrected chi connectivity index (χ0v) is 13.3. The number of carbonyl (C=O) groups excluding carboxylic acids is 1. The number of carbonyl (C=O) groups is 1. The SMILES string of the molecule is CC(C)[C@]1(C)SC(=N[C@@H](C)C2CCCCC2)NC1=O. The van der Waals surface area contributed by atoms with Crippen molar-refractivity contribution in [3.8, 4) is 0 Å². The van der Waals surface area contributed by atoms with E-state index in [9.17, 15) is 4.79 Å². The van der Waals surface area contributed by atoms with Crippen molar-refractivity contribution in [1.82, 2.24) is 5.32 Å². The summed E-state index contributed by atoms with van der Waals surface area (Å²) >= 11 is 1.61. The van der Waals surface area contributed by atoms with Crippen molar-refractivity contribution >= 4 is 22.8 Å².